The summed E-state index contributed by atoms with van der Waals surface area (Å²) in [6.45, 7) is 2.71. The molecule has 0 aliphatic heterocycles. The average Bonchev–Trinajstić information content (AvgIpc) is 2.42. The Kier molecular flexibility index (Phi) is 4.07. The molecule has 1 heterocycles. The van der Waals surface area contributed by atoms with Crippen LogP contribution in [-0.4, -0.2) is 22.2 Å². The number of rotatable bonds is 4. The number of nitrogens with zero attached hydrogens (tertiary/aromatic N) is 2. The number of hydrogen-bond donors (Lipinski definition) is 1. The van der Waals surface area contributed by atoms with Crippen molar-refractivity contribution in [2.45, 2.75) is 13.5 Å². The molecule has 5 heteroatoms. The van der Waals surface area contributed by atoms with Crippen molar-refractivity contribution in [1.82, 2.24) is 15.1 Å². The largest absolute Gasteiger partial charge is 0.351 e. The summed E-state index contributed by atoms with van der Waals surface area (Å²) in [5.74, 6) is -0.274. The van der Waals surface area contributed by atoms with Crippen molar-refractivity contribution in [3.05, 3.63) is 64.1 Å². The van der Waals surface area contributed by atoms with Gasteiger partial charge in [-0.25, -0.2) is 4.68 Å². The molecule has 1 aromatic carbocycles. The number of carbonyl (C=O) groups excluding carboxylic acids is 1. The van der Waals surface area contributed by atoms with E-state index in [-0.39, 0.29) is 17.2 Å². The maximum absolute atomic E-state index is 11.7. The molecule has 0 fully saturated rings. The highest BCUT2D eigenvalue weighted by Gasteiger charge is 2.08. The van der Waals surface area contributed by atoms with Gasteiger partial charge in [-0.1, -0.05) is 30.3 Å². The van der Waals surface area contributed by atoms with E-state index in [4.69, 9.17) is 0 Å². The molecule has 1 aromatic heterocycles. The Morgan fingerprint density at radius 1 is 1.21 bits per heavy atom. The summed E-state index contributed by atoms with van der Waals surface area (Å²) in [4.78, 5) is 23.4. The van der Waals surface area contributed by atoms with Crippen LogP contribution in [0.3, 0.4) is 0 Å². The zero-order valence-electron chi connectivity index (χ0n) is 10.7. The molecular weight excluding hydrogens is 242 g/mol. The van der Waals surface area contributed by atoms with Crippen LogP contribution in [0.2, 0.25) is 0 Å². The van der Waals surface area contributed by atoms with Crippen LogP contribution in [0.25, 0.3) is 0 Å². The van der Waals surface area contributed by atoms with Gasteiger partial charge < -0.3 is 5.32 Å². The number of hydrogen-bond acceptors (Lipinski definition) is 3. The molecule has 0 atom stereocenters. The molecule has 0 spiro atoms. The van der Waals surface area contributed by atoms with Gasteiger partial charge in [0.2, 0.25) is 0 Å². The molecule has 0 saturated heterocycles. The molecule has 2 rings (SSSR count). The van der Waals surface area contributed by atoms with Crippen LogP contribution < -0.4 is 10.9 Å². The topological polar surface area (TPSA) is 64.0 Å². The first-order valence-corrected chi connectivity index (χ1v) is 6.11. The smallest absolute Gasteiger partial charge is 0.271 e. The predicted octanol–water partition coefficient (Wildman–Crippen LogP) is 1.04. The normalized spacial score (nSPS) is 10.2. The van der Waals surface area contributed by atoms with Gasteiger partial charge in [-0.2, -0.15) is 5.10 Å². The van der Waals surface area contributed by atoms with Crippen molar-refractivity contribution in [2.75, 3.05) is 6.54 Å². The van der Waals surface area contributed by atoms with Crippen LogP contribution in [0, 0.1) is 0 Å². The Hall–Kier alpha value is -2.43. The fourth-order valence-electron chi connectivity index (χ4n) is 1.69. The number of amides is 1. The van der Waals surface area contributed by atoms with Gasteiger partial charge in [0.15, 0.2) is 0 Å². The monoisotopic (exact) mass is 257 g/mol. The average molecular weight is 257 g/mol. The lowest BCUT2D eigenvalue weighted by atomic mass is 10.2. The van der Waals surface area contributed by atoms with Crippen LogP contribution in [0.1, 0.15) is 23.0 Å². The first-order valence-electron chi connectivity index (χ1n) is 6.11. The standard InChI is InChI=1S/C14H15N3O2/c1-2-15-14(19)12-8-9-13(18)17(16-12)10-11-6-4-3-5-7-11/h3-9H,2,10H2,1H3,(H,15,19). The van der Waals surface area contributed by atoms with Crippen molar-refractivity contribution in [3.8, 4) is 0 Å². The second-order valence-electron chi connectivity index (χ2n) is 4.06. The highest BCUT2D eigenvalue weighted by Crippen LogP contribution is 2.00. The highest BCUT2D eigenvalue weighted by molar-refractivity contribution is 5.91. The summed E-state index contributed by atoms with van der Waals surface area (Å²) < 4.78 is 1.29. The zero-order chi connectivity index (χ0) is 13.7. The fraction of sp³-hybridized carbons (Fsp3) is 0.214. The SMILES string of the molecule is CCNC(=O)c1ccc(=O)n(Cc2ccccc2)n1. The quantitative estimate of drug-likeness (QED) is 0.890. The van der Waals surface area contributed by atoms with E-state index in [0.29, 0.717) is 13.1 Å². The van der Waals surface area contributed by atoms with Gasteiger partial charge >= 0.3 is 0 Å². The van der Waals surface area contributed by atoms with Crippen molar-refractivity contribution >= 4 is 5.91 Å². The lowest BCUT2D eigenvalue weighted by Gasteiger charge is -2.07. The zero-order valence-corrected chi connectivity index (χ0v) is 10.7. The van der Waals surface area contributed by atoms with Crippen molar-refractivity contribution in [1.29, 1.82) is 0 Å². The van der Waals surface area contributed by atoms with Crippen LogP contribution >= 0.6 is 0 Å². The third-order valence-electron chi connectivity index (χ3n) is 2.61. The fourth-order valence-corrected chi connectivity index (χ4v) is 1.69. The molecule has 1 amide bonds. The van der Waals surface area contributed by atoms with E-state index in [0.717, 1.165) is 5.56 Å². The first kappa shape index (κ1) is 13.0. The second-order valence-corrected chi connectivity index (χ2v) is 4.06. The third-order valence-corrected chi connectivity index (χ3v) is 2.61. The molecule has 0 saturated carbocycles. The molecule has 1 N–H and O–H groups in total. The van der Waals surface area contributed by atoms with Crippen LogP contribution in [0.5, 0.6) is 0 Å². The van der Waals surface area contributed by atoms with Crippen molar-refractivity contribution < 1.29 is 4.79 Å². The van der Waals surface area contributed by atoms with E-state index in [1.165, 1.54) is 16.8 Å². The Bertz CT molecular complexity index is 620. The molecule has 0 unspecified atom stereocenters. The summed E-state index contributed by atoms with van der Waals surface area (Å²) in [6.07, 6.45) is 0. The summed E-state index contributed by atoms with van der Waals surface area (Å²) in [5.41, 5.74) is 0.986. The lowest BCUT2D eigenvalue weighted by Crippen LogP contribution is -2.29. The Morgan fingerprint density at radius 3 is 2.63 bits per heavy atom. The molecule has 98 valence electrons. The maximum atomic E-state index is 11.7. The van der Waals surface area contributed by atoms with E-state index < -0.39 is 0 Å². The van der Waals surface area contributed by atoms with Gasteiger partial charge in [0, 0.05) is 12.6 Å². The highest BCUT2D eigenvalue weighted by atomic mass is 16.2. The molecular formula is C14H15N3O2. The molecule has 0 radical (unpaired) electrons. The molecule has 2 aromatic rings. The maximum Gasteiger partial charge on any atom is 0.271 e. The van der Waals surface area contributed by atoms with Crippen molar-refractivity contribution in [3.63, 3.8) is 0 Å². The van der Waals surface area contributed by atoms with Crippen LogP contribution in [0.4, 0.5) is 0 Å². The minimum Gasteiger partial charge on any atom is -0.351 e. The predicted molar refractivity (Wildman–Crippen MR) is 72.0 cm³/mol. The van der Waals surface area contributed by atoms with Gasteiger partial charge in [0.05, 0.1) is 6.54 Å². The van der Waals surface area contributed by atoms with Gasteiger partial charge in [-0.3, -0.25) is 9.59 Å². The van der Waals surface area contributed by atoms with Gasteiger partial charge in [0.25, 0.3) is 11.5 Å². The van der Waals surface area contributed by atoms with E-state index in [9.17, 15) is 9.59 Å². The van der Waals surface area contributed by atoms with E-state index in [1.54, 1.807) is 0 Å². The number of benzene rings is 1. The summed E-state index contributed by atoms with van der Waals surface area (Å²) >= 11 is 0. The minimum absolute atomic E-state index is 0.225. The second kappa shape index (κ2) is 5.95. The molecule has 0 aliphatic carbocycles. The van der Waals surface area contributed by atoms with Gasteiger partial charge in [0.1, 0.15) is 5.69 Å². The molecule has 0 bridgehead atoms. The number of carbonyl (C=O) groups is 1. The lowest BCUT2D eigenvalue weighted by molar-refractivity contribution is 0.0948. The van der Waals surface area contributed by atoms with Gasteiger partial charge in [-0.15, -0.1) is 0 Å². The third kappa shape index (κ3) is 3.28. The molecule has 19 heavy (non-hydrogen) atoms. The van der Waals surface area contributed by atoms with E-state index in [1.807, 2.05) is 37.3 Å². The van der Waals surface area contributed by atoms with Crippen molar-refractivity contribution in [2.24, 2.45) is 0 Å². The van der Waals surface area contributed by atoms with E-state index >= 15 is 0 Å². The van der Waals surface area contributed by atoms with Crippen LogP contribution in [0.15, 0.2) is 47.3 Å². The van der Waals surface area contributed by atoms with E-state index in [2.05, 4.69) is 10.4 Å². The summed E-state index contributed by atoms with van der Waals surface area (Å²) in [7, 11) is 0. The Morgan fingerprint density at radius 2 is 1.95 bits per heavy atom. The number of nitrogens with one attached hydrogen (secondary N) is 1. The Labute approximate surface area is 110 Å². The molecule has 0 aliphatic rings. The Balaban J connectivity index is 2.27. The first-order chi connectivity index (χ1) is 9.20. The minimum atomic E-state index is -0.274. The van der Waals surface area contributed by atoms with Crippen LogP contribution in [-0.2, 0) is 6.54 Å². The molecule has 5 nitrogen and oxygen atoms in total. The van der Waals surface area contributed by atoms with Gasteiger partial charge in [-0.05, 0) is 18.6 Å². The summed E-state index contributed by atoms with van der Waals surface area (Å²) in [6, 6.07) is 12.3. The summed E-state index contributed by atoms with van der Waals surface area (Å²) in [5, 5.41) is 6.73. The number of aromatic nitrogens is 2.